The Morgan fingerprint density at radius 2 is 1.82 bits per heavy atom. The SMILES string of the molecule is O=C(Cc1ccc(F)cc1)OC1CCCCC1. The normalized spacial score (nSPS) is 16.8. The lowest BCUT2D eigenvalue weighted by molar-refractivity contribution is -0.149. The van der Waals surface area contributed by atoms with Gasteiger partial charge in [0.2, 0.25) is 0 Å². The van der Waals surface area contributed by atoms with E-state index in [0.717, 1.165) is 31.2 Å². The summed E-state index contributed by atoms with van der Waals surface area (Å²) in [5.41, 5.74) is 0.798. The fourth-order valence-electron chi connectivity index (χ4n) is 2.18. The second-order valence-corrected chi connectivity index (χ2v) is 4.55. The lowest BCUT2D eigenvalue weighted by atomic mass is 9.98. The largest absolute Gasteiger partial charge is 0.462 e. The molecular weight excluding hydrogens is 219 g/mol. The Hall–Kier alpha value is -1.38. The maximum absolute atomic E-state index is 12.7. The van der Waals surface area contributed by atoms with Crippen LogP contribution in [-0.4, -0.2) is 12.1 Å². The third kappa shape index (κ3) is 3.84. The monoisotopic (exact) mass is 236 g/mol. The first-order valence-corrected chi connectivity index (χ1v) is 6.18. The summed E-state index contributed by atoms with van der Waals surface area (Å²) in [5, 5.41) is 0. The Morgan fingerprint density at radius 3 is 2.47 bits per heavy atom. The summed E-state index contributed by atoms with van der Waals surface area (Å²) in [6.45, 7) is 0. The van der Waals surface area contributed by atoms with E-state index in [0.29, 0.717) is 0 Å². The van der Waals surface area contributed by atoms with Gasteiger partial charge >= 0.3 is 5.97 Å². The van der Waals surface area contributed by atoms with Crippen LogP contribution in [0.25, 0.3) is 0 Å². The van der Waals surface area contributed by atoms with E-state index >= 15 is 0 Å². The van der Waals surface area contributed by atoms with Crippen molar-refractivity contribution in [3.63, 3.8) is 0 Å². The second kappa shape index (κ2) is 5.80. The number of carbonyl (C=O) groups is 1. The molecule has 3 heteroatoms. The molecule has 0 saturated heterocycles. The number of hydrogen-bond donors (Lipinski definition) is 0. The minimum atomic E-state index is -0.283. The molecule has 0 bridgehead atoms. The molecule has 1 aromatic carbocycles. The molecule has 0 spiro atoms. The minimum Gasteiger partial charge on any atom is -0.462 e. The molecule has 1 saturated carbocycles. The Bertz CT molecular complexity index is 366. The van der Waals surface area contributed by atoms with E-state index in [4.69, 9.17) is 4.74 Å². The van der Waals surface area contributed by atoms with Crippen molar-refractivity contribution in [2.24, 2.45) is 0 Å². The molecule has 0 amide bonds. The molecule has 0 N–H and O–H groups in total. The van der Waals surface area contributed by atoms with Crippen LogP contribution in [0.5, 0.6) is 0 Å². The average molecular weight is 236 g/mol. The number of halogens is 1. The van der Waals surface area contributed by atoms with Gasteiger partial charge < -0.3 is 4.74 Å². The molecule has 1 aliphatic carbocycles. The molecule has 92 valence electrons. The molecule has 0 radical (unpaired) electrons. The molecule has 0 aromatic heterocycles. The van der Waals surface area contributed by atoms with Crippen molar-refractivity contribution in [2.75, 3.05) is 0 Å². The number of carbonyl (C=O) groups excluding carboxylic acids is 1. The van der Waals surface area contributed by atoms with Crippen LogP contribution in [0.4, 0.5) is 4.39 Å². The standard InChI is InChI=1S/C14H17FO2/c15-12-8-6-11(7-9-12)10-14(16)17-13-4-2-1-3-5-13/h6-9,13H,1-5,10H2. The van der Waals surface area contributed by atoms with Gasteiger partial charge in [0.05, 0.1) is 6.42 Å². The number of esters is 1. The van der Waals surface area contributed by atoms with Gasteiger partial charge in [-0.1, -0.05) is 18.6 Å². The highest BCUT2D eigenvalue weighted by atomic mass is 19.1. The van der Waals surface area contributed by atoms with E-state index < -0.39 is 0 Å². The fourth-order valence-corrected chi connectivity index (χ4v) is 2.18. The van der Waals surface area contributed by atoms with E-state index in [2.05, 4.69) is 0 Å². The summed E-state index contributed by atoms with van der Waals surface area (Å²) in [7, 11) is 0. The number of benzene rings is 1. The number of rotatable bonds is 3. The highest BCUT2D eigenvalue weighted by Gasteiger charge is 2.17. The van der Waals surface area contributed by atoms with Crippen LogP contribution in [0.2, 0.25) is 0 Å². The highest BCUT2D eigenvalue weighted by molar-refractivity contribution is 5.72. The minimum absolute atomic E-state index is 0.0942. The van der Waals surface area contributed by atoms with Crippen molar-refractivity contribution in [3.05, 3.63) is 35.6 Å². The summed E-state index contributed by atoms with van der Waals surface area (Å²) in [4.78, 5) is 11.6. The van der Waals surface area contributed by atoms with Gasteiger partial charge in [-0.25, -0.2) is 4.39 Å². The lowest BCUT2D eigenvalue weighted by Crippen LogP contribution is -2.21. The Labute approximate surface area is 101 Å². The van der Waals surface area contributed by atoms with Crippen LogP contribution >= 0.6 is 0 Å². The summed E-state index contributed by atoms with van der Waals surface area (Å²) in [5.74, 6) is -0.488. The zero-order valence-electron chi connectivity index (χ0n) is 9.82. The van der Waals surface area contributed by atoms with E-state index in [1.54, 1.807) is 12.1 Å². The molecule has 0 heterocycles. The van der Waals surface area contributed by atoms with Crippen molar-refractivity contribution < 1.29 is 13.9 Å². The quantitative estimate of drug-likeness (QED) is 0.753. The molecule has 2 rings (SSSR count). The van der Waals surface area contributed by atoms with Crippen molar-refractivity contribution in [3.8, 4) is 0 Å². The Morgan fingerprint density at radius 1 is 1.18 bits per heavy atom. The van der Waals surface area contributed by atoms with Crippen molar-refractivity contribution in [2.45, 2.75) is 44.6 Å². The topological polar surface area (TPSA) is 26.3 Å². The first kappa shape index (κ1) is 12.1. The third-order valence-electron chi connectivity index (χ3n) is 3.11. The first-order chi connectivity index (χ1) is 8.24. The molecule has 0 atom stereocenters. The number of hydrogen-bond acceptors (Lipinski definition) is 2. The highest BCUT2D eigenvalue weighted by Crippen LogP contribution is 2.20. The zero-order valence-corrected chi connectivity index (χ0v) is 9.82. The predicted octanol–water partition coefficient (Wildman–Crippen LogP) is 3.24. The fraction of sp³-hybridized carbons (Fsp3) is 0.500. The third-order valence-corrected chi connectivity index (χ3v) is 3.11. The van der Waals surface area contributed by atoms with Gasteiger partial charge in [0.15, 0.2) is 0 Å². The zero-order chi connectivity index (χ0) is 12.1. The summed E-state index contributed by atoms with van der Waals surface area (Å²) < 4.78 is 18.1. The summed E-state index contributed by atoms with van der Waals surface area (Å²) in [6.07, 6.45) is 5.83. The van der Waals surface area contributed by atoms with Crippen LogP contribution in [0, 0.1) is 5.82 Å². The van der Waals surface area contributed by atoms with Crippen LogP contribution < -0.4 is 0 Å². The van der Waals surface area contributed by atoms with Crippen LogP contribution in [-0.2, 0) is 16.0 Å². The number of ether oxygens (including phenoxy) is 1. The molecule has 1 aromatic rings. The van der Waals surface area contributed by atoms with Crippen molar-refractivity contribution in [1.82, 2.24) is 0 Å². The predicted molar refractivity (Wildman–Crippen MR) is 63.1 cm³/mol. The van der Waals surface area contributed by atoms with Gasteiger partial charge in [-0.15, -0.1) is 0 Å². The van der Waals surface area contributed by atoms with Crippen LogP contribution in [0.1, 0.15) is 37.7 Å². The Balaban J connectivity index is 1.82. The summed E-state index contributed by atoms with van der Waals surface area (Å²) in [6, 6.07) is 5.97. The molecule has 2 nitrogen and oxygen atoms in total. The van der Waals surface area contributed by atoms with Crippen molar-refractivity contribution >= 4 is 5.97 Å². The molecule has 1 fully saturated rings. The smallest absolute Gasteiger partial charge is 0.310 e. The van der Waals surface area contributed by atoms with E-state index in [9.17, 15) is 9.18 Å². The van der Waals surface area contributed by atoms with E-state index in [-0.39, 0.29) is 24.3 Å². The maximum Gasteiger partial charge on any atom is 0.310 e. The van der Waals surface area contributed by atoms with Gasteiger partial charge in [0.1, 0.15) is 11.9 Å². The van der Waals surface area contributed by atoms with Gasteiger partial charge in [-0.3, -0.25) is 4.79 Å². The first-order valence-electron chi connectivity index (χ1n) is 6.18. The van der Waals surface area contributed by atoms with Crippen molar-refractivity contribution in [1.29, 1.82) is 0 Å². The Kier molecular flexibility index (Phi) is 4.13. The van der Waals surface area contributed by atoms with E-state index in [1.165, 1.54) is 18.6 Å². The molecular formula is C14H17FO2. The summed E-state index contributed by atoms with van der Waals surface area (Å²) >= 11 is 0. The maximum atomic E-state index is 12.7. The average Bonchev–Trinajstić information content (AvgIpc) is 2.33. The van der Waals surface area contributed by atoms with Gasteiger partial charge in [0, 0.05) is 0 Å². The molecule has 1 aliphatic rings. The van der Waals surface area contributed by atoms with Crippen LogP contribution in [0.3, 0.4) is 0 Å². The van der Waals surface area contributed by atoms with Crippen LogP contribution in [0.15, 0.2) is 24.3 Å². The van der Waals surface area contributed by atoms with Gasteiger partial charge in [-0.2, -0.15) is 0 Å². The van der Waals surface area contributed by atoms with Gasteiger partial charge in [0.25, 0.3) is 0 Å². The lowest BCUT2D eigenvalue weighted by Gasteiger charge is -2.21. The second-order valence-electron chi connectivity index (χ2n) is 4.55. The van der Waals surface area contributed by atoms with E-state index in [1.807, 2.05) is 0 Å². The molecule has 0 unspecified atom stereocenters. The van der Waals surface area contributed by atoms with Gasteiger partial charge in [-0.05, 0) is 43.4 Å². The molecule has 17 heavy (non-hydrogen) atoms. The molecule has 0 aliphatic heterocycles.